The van der Waals surface area contributed by atoms with Gasteiger partial charge in [0.25, 0.3) is 0 Å². The van der Waals surface area contributed by atoms with E-state index < -0.39 is 0 Å². The topological polar surface area (TPSA) is 66.9 Å². The highest BCUT2D eigenvalue weighted by molar-refractivity contribution is 7.40. The van der Waals surface area contributed by atoms with Crippen LogP contribution in [0.2, 0.25) is 0 Å². The predicted molar refractivity (Wildman–Crippen MR) is 236 cm³/mol. The van der Waals surface area contributed by atoms with E-state index >= 15 is 0 Å². The van der Waals surface area contributed by atoms with Crippen molar-refractivity contribution in [1.29, 1.82) is 0 Å². The molecule has 0 aliphatic heterocycles. The molecule has 0 spiro atoms. The first-order valence-electron chi connectivity index (χ1n) is 18.7. The largest absolute Gasteiger partial charge is 0.422 e. The number of rotatable bonds is 10. The Bertz CT molecular complexity index is 2990. The fourth-order valence-corrected chi connectivity index (χ4v) is 11.5. The van der Waals surface area contributed by atoms with Crippen molar-refractivity contribution in [1.82, 2.24) is 0 Å². The number of hydrogen-bond acceptors (Lipinski definition) is 9. The van der Waals surface area contributed by atoms with Gasteiger partial charge in [0, 0.05) is 79.6 Å². The summed E-state index contributed by atoms with van der Waals surface area (Å²) in [6, 6.07) is 37.0. The minimum atomic E-state index is -0.334. The second-order valence-electron chi connectivity index (χ2n) is 13.6. The van der Waals surface area contributed by atoms with Crippen molar-refractivity contribution >= 4 is 86.1 Å². The molecule has 0 N–H and O–H groups in total. The van der Waals surface area contributed by atoms with Gasteiger partial charge in [-0.1, -0.05) is 42.5 Å². The summed E-state index contributed by atoms with van der Waals surface area (Å²) in [7, 11) is 0. The normalized spacial score (nSPS) is 11.7. The Morgan fingerprint density at radius 2 is 0.945 bits per heavy atom. The van der Waals surface area contributed by atoms with Crippen LogP contribution in [0.3, 0.4) is 0 Å². The molecule has 5 aromatic heterocycles. The van der Waals surface area contributed by atoms with E-state index in [9.17, 15) is 9.59 Å². The molecule has 6 nitrogen and oxygen atoms in total. The monoisotopic (exact) mass is 778 g/mol. The molecular formula is C46H38N2O4S3. The summed E-state index contributed by atoms with van der Waals surface area (Å²) in [4.78, 5) is 33.2. The Labute approximate surface area is 330 Å². The van der Waals surface area contributed by atoms with Gasteiger partial charge in [-0.15, -0.1) is 34.0 Å². The highest BCUT2D eigenvalue weighted by Gasteiger charge is 2.17. The Morgan fingerprint density at radius 1 is 0.473 bits per heavy atom. The van der Waals surface area contributed by atoms with Crippen LogP contribution < -0.4 is 21.1 Å². The first kappa shape index (κ1) is 35.2. The van der Waals surface area contributed by atoms with Crippen LogP contribution in [-0.2, 0) is 0 Å². The highest BCUT2D eigenvalue weighted by Crippen LogP contribution is 2.48. The Hall–Kier alpha value is -5.48. The SMILES string of the molecule is CCN(CC)c1ccc2cc(-c3ccc(-c4cc5sc6cc(-c7cccc(-c8cc9ccc(N(CC)CC)cc9oc8=O)c7)sc6c5s4)cc3)c(=O)oc2c1. The second kappa shape index (κ2) is 14.3. The van der Waals surface area contributed by atoms with Crippen LogP contribution in [0, 0.1) is 0 Å². The summed E-state index contributed by atoms with van der Waals surface area (Å²) < 4.78 is 16.8. The molecule has 0 atom stereocenters. The van der Waals surface area contributed by atoms with Crippen LogP contribution in [0.15, 0.2) is 128 Å². The second-order valence-corrected chi connectivity index (χ2v) is 16.7. The smallest absolute Gasteiger partial charge is 0.344 e. The fourth-order valence-electron chi connectivity index (χ4n) is 7.45. The van der Waals surface area contributed by atoms with Crippen molar-refractivity contribution in [2.45, 2.75) is 27.7 Å². The van der Waals surface area contributed by atoms with Gasteiger partial charge in [0.2, 0.25) is 0 Å². The van der Waals surface area contributed by atoms with Crippen LogP contribution in [0.5, 0.6) is 0 Å². The molecule has 0 bridgehead atoms. The van der Waals surface area contributed by atoms with Crippen molar-refractivity contribution in [2.75, 3.05) is 36.0 Å². The first-order valence-corrected chi connectivity index (χ1v) is 21.1. The molecule has 274 valence electrons. The number of nitrogens with zero attached hydrogens (tertiary/aromatic N) is 2. The fraction of sp³-hybridized carbons (Fsp3) is 0.174. The standard InChI is InChI=1S/C46H38N2O4S3/c1-5-47(6-2)33-18-16-30-21-35(45(49)51-37(30)23-33)27-12-14-28(15-13-27)39-25-41-43(54-39)44-42(53-41)26-40(55-44)32-11-9-10-29(20-32)36-22-31-17-19-34(48(7-3)8-4)24-38(31)52-46(36)50/h9-26H,5-8H2,1-4H3. The molecule has 5 heterocycles. The van der Waals surface area contributed by atoms with Crippen molar-refractivity contribution < 1.29 is 8.83 Å². The lowest BCUT2D eigenvalue weighted by Gasteiger charge is -2.21. The summed E-state index contributed by atoms with van der Waals surface area (Å²) in [5, 5.41) is 1.81. The number of fused-ring (bicyclic) bond motifs is 5. The van der Waals surface area contributed by atoms with E-state index in [1.807, 2.05) is 72.0 Å². The van der Waals surface area contributed by atoms with E-state index in [1.54, 1.807) is 22.7 Å². The number of benzene rings is 4. The Morgan fingerprint density at radius 3 is 1.47 bits per heavy atom. The molecule has 0 radical (unpaired) electrons. The third kappa shape index (κ3) is 6.36. The van der Waals surface area contributed by atoms with Gasteiger partial charge in [-0.3, -0.25) is 0 Å². The van der Waals surface area contributed by atoms with Gasteiger partial charge in [0.05, 0.1) is 20.5 Å². The van der Waals surface area contributed by atoms with Crippen molar-refractivity contribution in [3.63, 3.8) is 0 Å². The maximum absolute atomic E-state index is 13.3. The summed E-state index contributed by atoms with van der Waals surface area (Å²) in [5.41, 5.74) is 7.63. The lowest BCUT2D eigenvalue weighted by molar-refractivity contribution is 0.563. The molecule has 0 unspecified atom stereocenters. The molecular weight excluding hydrogens is 741 g/mol. The molecule has 9 rings (SSSR count). The molecule has 0 amide bonds. The quantitative estimate of drug-likeness (QED) is 0.129. The van der Waals surface area contributed by atoms with E-state index in [1.165, 1.54) is 23.7 Å². The third-order valence-corrected chi connectivity index (χ3v) is 14.3. The van der Waals surface area contributed by atoms with Crippen molar-refractivity contribution in [3.05, 3.63) is 130 Å². The molecule has 55 heavy (non-hydrogen) atoms. The first-order chi connectivity index (χ1) is 26.8. The minimum absolute atomic E-state index is 0.333. The zero-order valence-electron chi connectivity index (χ0n) is 31.0. The maximum atomic E-state index is 13.3. The minimum Gasteiger partial charge on any atom is -0.422 e. The van der Waals surface area contributed by atoms with Gasteiger partial charge >= 0.3 is 11.3 Å². The summed E-state index contributed by atoms with van der Waals surface area (Å²) >= 11 is 5.39. The zero-order valence-corrected chi connectivity index (χ0v) is 33.4. The third-order valence-electron chi connectivity index (χ3n) is 10.5. The summed E-state index contributed by atoms with van der Waals surface area (Å²) in [6.07, 6.45) is 0. The van der Waals surface area contributed by atoms with E-state index in [0.29, 0.717) is 22.3 Å². The maximum Gasteiger partial charge on any atom is 0.344 e. The zero-order chi connectivity index (χ0) is 37.8. The summed E-state index contributed by atoms with van der Waals surface area (Å²) in [6.45, 7) is 12.0. The molecule has 9 heteroatoms. The molecule has 0 aliphatic carbocycles. The Kier molecular flexibility index (Phi) is 9.16. The summed E-state index contributed by atoms with van der Waals surface area (Å²) in [5.74, 6) is 0. The van der Waals surface area contributed by atoms with E-state index in [-0.39, 0.29) is 11.3 Å². The molecule has 4 aromatic carbocycles. The molecule has 0 saturated carbocycles. The average molecular weight is 779 g/mol. The number of hydrogen-bond donors (Lipinski definition) is 0. The van der Waals surface area contributed by atoms with Crippen LogP contribution in [0.25, 0.3) is 83.9 Å². The molecule has 9 aromatic rings. The van der Waals surface area contributed by atoms with Gasteiger partial charge in [0.1, 0.15) is 11.2 Å². The highest BCUT2D eigenvalue weighted by atomic mass is 32.1. The van der Waals surface area contributed by atoms with Gasteiger partial charge in [-0.25, -0.2) is 9.59 Å². The van der Waals surface area contributed by atoms with Gasteiger partial charge in [0.15, 0.2) is 0 Å². The van der Waals surface area contributed by atoms with Crippen molar-refractivity contribution in [3.8, 4) is 43.1 Å². The van der Waals surface area contributed by atoms with Crippen LogP contribution in [-0.4, -0.2) is 26.2 Å². The Balaban J connectivity index is 0.985. The predicted octanol–water partition coefficient (Wildman–Crippen LogP) is 12.8. The van der Waals surface area contributed by atoms with Gasteiger partial charge in [-0.2, -0.15) is 0 Å². The molecule has 0 aliphatic rings. The van der Waals surface area contributed by atoms with Crippen LogP contribution in [0.4, 0.5) is 11.4 Å². The molecule has 0 fully saturated rings. The van der Waals surface area contributed by atoms with Crippen LogP contribution >= 0.6 is 34.0 Å². The molecule has 0 saturated heterocycles. The van der Waals surface area contributed by atoms with Gasteiger partial charge in [-0.05, 0) is 105 Å². The van der Waals surface area contributed by atoms with E-state index in [0.717, 1.165) is 75.5 Å². The average Bonchev–Trinajstić information content (AvgIpc) is 3.90. The lowest BCUT2D eigenvalue weighted by atomic mass is 10.0. The van der Waals surface area contributed by atoms with Crippen molar-refractivity contribution in [2.24, 2.45) is 0 Å². The lowest BCUT2D eigenvalue weighted by Crippen LogP contribution is -2.21. The van der Waals surface area contributed by atoms with Gasteiger partial charge < -0.3 is 18.6 Å². The van der Waals surface area contributed by atoms with E-state index in [2.05, 4.69) is 86.0 Å². The van der Waals surface area contributed by atoms with E-state index in [4.69, 9.17) is 8.83 Å². The number of anilines is 2. The number of thiophene rings is 3. The van der Waals surface area contributed by atoms with Crippen LogP contribution in [0.1, 0.15) is 27.7 Å².